The van der Waals surface area contributed by atoms with E-state index in [9.17, 15) is 9.90 Å². The van der Waals surface area contributed by atoms with Crippen LogP contribution in [0, 0.1) is 16.9 Å². The first-order chi connectivity index (χ1) is 17.4. The van der Waals surface area contributed by atoms with Crippen molar-refractivity contribution in [2.24, 2.45) is 10.8 Å². The van der Waals surface area contributed by atoms with Gasteiger partial charge in [-0.15, -0.1) is 0 Å². The number of aromatic nitrogens is 1. The summed E-state index contributed by atoms with van der Waals surface area (Å²) in [5, 5.41) is 14.7. The zero-order valence-corrected chi connectivity index (χ0v) is 27.2. The van der Waals surface area contributed by atoms with E-state index in [1.165, 1.54) is 45.5 Å². The number of thiophene rings is 1. The first-order valence-corrected chi connectivity index (χ1v) is 14.9. The molecule has 3 aromatic heterocycles. The Balaban J connectivity index is 0.000000209. The summed E-state index contributed by atoms with van der Waals surface area (Å²) >= 11 is 2.14. The number of fused-ring (bicyclic) bond motifs is 3. The molecule has 197 valence electrons. The first kappa shape index (κ1) is 28.7. The van der Waals surface area contributed by atoms with Crippen molar-refractivity contribution < 1.29 is 30.0 Å². The van der Waals surface area contributed by atoms with Gasteiger partial charge in [0.05, 0.1) is 0 Å². The molecule has 1 N–H and O–H groups in total. The summed E-state index contributed by atoms with van der Waals surface area (Å²) < 4.78 is 5.54. The van der Waals surface area contributed by atoms with E-state index in [0.29, 0.717) is 0 Å². The molecule has 0 amide bonds. The maximum absolute atomic E-state index is 11.5. The van der Waals surface area contributed by atoms with Crippen molar-refractivity contribution in [1.29, 1.82) is 0 Å². The van der Waals surface area contributed by atoms with Gasteiger partial charge in [0.15, 0.2) is 5.78 Å². The van der Waals surface area contributed by atoms with Gasteiger partial charge >= 0.3 is 148 Å². The number of aliphatic hydroxyl groups is 1. The Labute approximate surface area is 246 Å². The summed E-state index contributed by atoms with van der Waals surface area (Å²) in [6.45, 7) is 11.1. The molecule has 0 saturated heterocycles. The molecule has 3 nitrogen and oxygen atoms in total. The number of hydrogen-bond donors (Lipinski definition) is 1. The summed E-state index contributed by atoms with van der Waals surface area (Å²) in [6, 6.07) is 25.2. The van der Waals surface area contributed by atoms with Crippen LogP contribution in [-0.2, 0) is 24.9 Å². The topological polar surface area (TPSA) is 50.2 Å². The molecule has 6 aromatic rings. The fourth-order valence-electron chi connectivity index (χ4n) is 4.07. The zero-order chi connectivity index (χ0) is 26.5. The Hall–Kier alpha value is -2.33. The molecule has 3 heterocycles. The van der Waals surface area contributed by atoms with Gasteiger partial charge in [-0.05, 0) is 0 Å². The molecule has 0 aliphatic heterocycles. The van der Waals surface area contributed by atoms with E-state index in [2.05, 4.69) is 60.7 Å². The van der Waals surface area contributed by atoms with Crippen LogP contribution in [0.25, 0.3) is 50.5 Å². The Kier molecular flexibility index (Phi) is 8.06. The van der Waals surface area contributed by atoms with Gasteiger partial charge in [-0.1, -0.05) is 41.5 Å². The molecule has 0 unspecified atom stereocenters. The monoisotopic (exact) mass is 765 g/mol. The molecule has 0 aliphatic rings. The van der Waals surface area contributed by atoms with E-state index in [1.54, 1.807) is 0 Å². The second-order valence-electron chi connectivity index (χ2n) is 11.3. The van der Waals surface area contributed by atoms with Crippen molar-refractivity contribution >= 4 is 82.1 Å². The number of para-hydroxylation sites is 1. The van der Waals surface area contributed by atoms with Crippen molar-refractivity contribution in [1.82, 2.24) is 4.98 Å². The average molecular weight is 764 g/mol. The summed E-state index contributed by atoms with van der Waals surface area (Å²) in [5.41, 5.74) is 1.42. The van der Waals surface area contributed by atoms with Gasteiger partial charge in [0.25, 0.3) is 0 Å². The molecular weight excluding hydrogens is 734 g/mol. The molecule has 6 rings (SSSR count). The zero-order valence-electron chi connectivity index (χ0n) is 22.3. The van der Waals surface area contributed by atoms with Crippen LogP contribution in [0.4, 0.5) is 0 Å². The number of pyridine rings is 1. The molecule has 0 fully saturated rings. The predicted molar refractivity (Wildman–Crippen MR) is 160 cm³/mol. The van der Waals surface area contributed by atoms with Gasteiger partial charge in [-0.3, -0.25) is 4.79 Å². The molecule has 0 aliphatic carbocycles. The number of nitrogens with zero attached hydrogens (tertiary/aromatic N) is 1. The molecule has 0 spiro atoms. The number of benzene rings is 3. The van der Waals surface area contributed by atoms with Crippen molar-refractivity contribution in [3.63, 3.8) is 0 Å². The minimum absolute atomic E-state index is 0. The van der Waals surface area contributed by atoms with E-state index in [0.717, 1.165) is 11.0 Å². The Morgan fingerprint density at radius 2 is 1.63 bits per heavy atom. The number of aliphatic hydroxyl groups excluding tert-OH is 1. The maximum atomic E-state index is 11.5. The van der Waals surface area contributed by atoms with Crippen molar-refractivity contribution in [3.8, 4) is 0 Å². The third-order valence-electron chi connectivity index (χ3n) is 6.34. The van der Waals surface area contributed by atoms with Crippen LogP contribution in [-0.4, -0.2) is 30.4 Å². The van der Waals surface area contributed by atoms with Gasteiger partial charge in [-0.25, -0.2) is 0 Å². The summed E-state index contributed by atoms with van der Waals surface area (Å²) in [7, 11) is 0. The van der Waals surface area contributed by atoms with E-state index >= 15 is 0 Å². The van der Waals surface area contributed by atoms with Crippen molar-refractivity contribution in [2.75, 3.05) is 0 Å². The number of carbonyl (C=O) groups is 1. The molecular formula is C32H30IrNO2SSe-. The minimum atomic E-state index is -0.417. The molecule has 1 radical (unpaired) electrons. The van der Waals surface area contributed by atoms with Crippen LogP contribution in [0.5, 0.6) is 0 Å². The average Bonchev–Trinajstić information content (AvgIpc) is 3.16. The third-order valence-corrected chi connectivity index (χ3v) is 9.75. The number of hydrogen-bond acceptors (Lipinski definition) is 4. The standard InChI is InChI=1S/C21H10NSSe.C11H20O2.Ir/c1-2-7-14-12(5-1)11-18-21(22-14)13-6-3-8-15-19(13)20-16(23-15)9-4-10-17(20)24-18;1-10(2,3)8(12)7-9(13)11(4,5)6;/h1-5,7-11H;7,12H,1-6H3;/q-1;;/b;8-7-;. The van der Waals surface area contributed by atoms with Crippen LogP contribution in [0.15, 0.2) is 72.5 Å². The van der Waals surface area contributed by atoms with E-state index in [1.807, 2.05) is 58.9 Å². The van der Waals surface area contributed by atoms with Crippen LogP contribution >= 0.6 is 11.3 Å². The van der Waals surface area contributed by atoms with Crippen molar-refractivity contribution in [2.45, 2.75) is 41.5 Å². The first-order valence-electron chi connectivity index (χ1n) is 12.3. The summed E-state index contributed by atoms with van der Waals surface area (Å²) in [6.07, 6.45) is 1.33. The fourth-order valence-corrected chi connectivity index (χ4v) is 7.73. The molecule has 0 atom stereocenters. The number of carbonyl (C=O) groups excluding carboxylic acids is 1. The van der Waals surface area contributed by atoms with Gasteiger partial charge in [0, 0.05) is 37.0 Å². The van der Waals surface area contributed by atoms with Crippen LogP contribution < -0.4 is 0 Å². The molecule has 3 aromatic carbocycles. The van der Waals surface area contributed by atoms with E-state index in [4.69, 9.17) is 4.98 Å². The number of rotatable bonds is 1. The van der Waals surface area contributed by atoms with Crippen LogP contribution in [0.2, 0.25) is 0 Å². The van der Waals surface area contributed by atoms with Crippen LogP contribution in [0.3, 0.4) is 0 Å². The number of allylic oxidation sites excluding steroid dienone is 2. The van der Waals surface area contributed by atoms with Gasteiger partial charge in [-0.2, -0.15) is 0 Å². The fraction of sp³-hybridized carbons (Fsp3) is 0.250. The Morgan fingerprint density at radius 1 is 0.921 bits per heavy atom. The van der Waals surface area contributed by atoms with Crippen molar-refractivity contribution in [3.05, 3.63) is 78.6 Å². The van der Waals surface area contributed by atoms with Gasteiger partial charge in [0.2, 0.25) is 0 Å². The van der Waals surface area contributed by atoms with Gasteiger partial charge in [0.1, 0.15) is 5.76 Å². The molecule has 38 heavy (non-hydrogen) atoms. The normalized spacial score (nSPS) is 12.6. The number of ketones is 1. The SMILES string of the molecule is CC(C)(C)C(=O)/C=C(\O)C(C)(C)C.[Ir].[c-]1ccc2sc3cccc4[se]c5cc6ccccc6nc5c1c2c34. The third kappa shape index (κ3) is 5.52. The summed E-state index contributed by atoms with van der Waals surface area (Å²) in [5.74, 6) is 0.104. The Morgan fingerprint density at radius 3 is 2.34 bits per heavy atom. The quantitative estimate of drug-likeness (QED) is 0.0789. The van der Waals surface area contributed by atoms with Gasteiger partial charge < -0.3 is 5.11 Å². The molecule has 0 bridgehead atoms. The van der Waals surface area contributed by atoms with E-state index in [-0.39, 0.29) is 51.6 Å². The Bertz CT molecular complexity index is 1830. The predicted octanol–water partition coefficient (Wildman–Crippen LogP) is 8.85. The van der Waals surface area contributed by atoms with E-state index < -0.39 is 5.41 Å². The second kappa shape index (κ2) is 10.7. The molecule has 0 saturated carbocycles. The van der Waals surface area contributed by atoms with Crippen LogP contribution in [0.1, 0.15) is 41.5 Å². The molecule has 6 heteroatoms. The second-order valence-corrected chi connectivity index (χ2v) is 14.7. The summed E-state index contributed by atoms with van der Waals surface area (Å²) in [4.78, 5) is 16.5.